The van der Waals surface area contributed by atoms with Crippen LogP contribution >= 0.6 is 11.8 Å². The van der Waals surface area contributed by atoms with Crippen molar-refractivity contribution in [2.75, 3.05) is 31.3 Å². The van der Waals surface area contributed by atoms with Crippen LogP contribution in [0.1, 0.15) is 6.42 Å². The van der Waals surface area contributed by atoms with Gasteiger partial charge in [0.2, 0.25) is 0 Å². The number of aliphatic carboxylic acids is 1. The van der Waals surface area contributed by atoms with Crippen LogP contribution in [0, 0.1) is 0 Å². The first-order valence-corrected chi connectivity index (χ1v) is 7.85. The van der Waals surface area contributed by atoms with E-state index in [9.17, 15) is 9.59 Å². The highest BCUT2D eigenvalue weighted by atomic mass is 32.2. The van der Waals surface area contributed by atoms with Gasteiger partial charge in [0.05, 0.1) is 24.8 Å². The number of rotatable bonds is 4. The molecule has 1 aromatic carbocycles. The lowest BCUT2D eigenvalue weighted by atomic mass is 10.2. The number of thioether (sulfide) groups is 1. The van der Waals surface area contributed by atoms with Gasteiger partial charge in [0.15, 0.2) is 0 Å². The highest BCUT2D eigenvalue weighted by Gasteiger charge is 2.26. The molecule has 21 heavy (non-hydrogen) atoms. The van der Waals surface area contributed by atoms with Crippen molar-refractivity contribution in [1.82, 2.24) is 4.90 Å². The van der Waals surface area contributed by atoms with E-state index < -0.39 is 12.1 Å². The molecule has 0 radical (unpaired) electrons. The van der Waals surface area contributed by atoms with E-state index in [0.29, 0.717) is 19.7 Å². The molecule has 1 aliphatic heterocycles. The molecule has 1 unspecified atom stereocenters. The van der Waals surface area contributed by atoms with Crippen LogP contribution in [0.3, 0.4) is 0 Å². The Hall–Kier alpha value is -1.73. The summed E-state index contributed by atoms with van der Waals surface area (Å²) in [6.07, 6.45) is 1.41. The molecular formula is C14H18N2O4S. The third-order valence-corrected chi connectivity index (χ3v) is 3.97. The average Bonchev–Trinajstić information content (AvgIpc) is 2.47. The van der Waals surface area contributed by atoms with Crippen LogP contribution in [0.5, 0.6) is 0 Å². The SMILES string of the molecule is CSc1ccccc1NC(=O)N1CCOC(CC(=O)O)C1. The molecule has 1 aromatic rings. The zero-order valence-corrected chi connectivity index (χ0v) is 12.6. The molecule has 114 valence electrons. The van der Waals surface area contributed by atoms with E-state index in [2.05, 4.69) is 5.32 Å². The van der Waals surface area contributed by atoms with Gasteiger partial charge >= 0.3 is 12.0 Å². The summed E-state index contributed by atoms with van der Waals surface area (Å²) in [4.78, 5) is 25.6. The van der Waals surface area contributed by atoms with Crippen molar-refractivity contribution in [3.63, 3.8) is 0 Å². The molecule has 0 aliphatic carbocycles. The Balaban J connectivity index is 1.98. The third-order valence-electron chi connectivity index (χ3n) is 3.18. The molecular weight excluding hydrogens is 292 g/mol. The van der Waals surface area contributed by atoms with Gasteiger partial charge in [-0.15, -0.1) is 11.8 Å². The number of morpholine rings is 1. The van der Waals surface area contributed by atoms with Crippen LogP contribution in [0.2, 0.25) is 0 Å². The molecule has 0 bridgehead atoms. The number of carboxylic acid groups (broad SMARTS) is 1. The molecule has 6 nitrogen and oxygen atoms in total. The van der Waals surface area contributed by atoms with Crippen LogP contribution in [-0.2, 0) is 9.53 Å². The quantitative estimate of drug-likeness (QED) is 0.833. The predicted molar refractivity (Wildman–Crippen MR) is 80.8 cm³/mol. The Morgan fingerprint density at radius 2 is 2.24 bits per heavy atom. The number of nitrogens with one attached hydrogen (secondary N) is 1. The van der Waals surface area contributed by atoms with Gasteiger partial charge in [-0.05, 0) is 18.4 Å². The van der Waals surface area contributed by atoms with Crippen LogP contribution in [0.15, 0.2) is 29.2 Å². The standard InChI is InChI=1S/C14H18N2O4S/c1-21-12-5-3-2-4-11(12)15-14(19)16-6-7-20-10(9-16)8-13(17)18/h2-5,10H,6-9H2,1H3,(H,15,19)(H,17,18). The zero-order valence-electron chi connectivity index (χ0n) is 11.7. The topological polar surface area (TPSA) is 78.9 Å². The zero-order chi connectivity index (χ0) is 15.2. The third kappa shape index (κ3) is 4.37. The fourth-order valence-corrected chi connectivity index (χ4v) is 2.72. The molecule has 2 rings (SSSR count). The average molecular weight is 310 g/mol. The van der Waals surface area contributed by atoms with Gasteiger partial charge in [-0.2, -0.15) is 0 Å². The molecule has 1 atom stereocenters. The summed E-state index contributed by atoms with van der Waals surface area (Å²) in [5, 5.41) is 11.7. The summed E-state index contributed by atoms with van der Waals surface area (Å²) in [7, 11) is 0. The van der Waals surface area contributed by atoms with Gasteiger partial charge in [-0.25, -0.2) is 4.79 Å². The summed E-state index contributed by atoms with van der Waals surface area (Å²) in [6, 6.07) is 7.34. The Kier molecular flexibility index (Phi) is 5.46. The lowest BCUT2D eigenvalue weighted by Gasteiger charge is -2.32. The lowest BCUT2D eigenvalue weighted by Crippen LogP contribution is -2.47. The summed E-state index contributed by atoms with van der Waals surface area (Å²) in [5.41, 5.74) is 0.760. The van der Waals surface area contributed by atoms with E-state index in [1.54, 1.807) is 16.7 Å². The second-order valence-corrected chi connectivity index (χ2v) is 5.52. The molecule has 7 heteroatoms. The van der Waals surface area contributed by atoms with Crippen molar-refractivity contribution in [1.29, 1.82) is 0 Å². The Labute approximate surface area is 127 Å². The normalized spacial score (nSPS) is 18.3. The minimum Gasteiger partial charge on any atom is -0.481 e. The van der Waals surface area contributed by atoms with E-state index in [1.165, 1.54) is 0 Å². The number of anilines is 1. The van der Waals surface area contributed by atoms with Gasteiger partial charge < -0.3 is 20.1 Å². The molecule has 1 heterocycles. The van der Waals surface area contributed by atoms with Crippen molar-refractivity contribution in [3.05, 3.63) is 24.3 Å². The smallest absolute Gasteiger partial charge is 0.322 e. The Morgan fingerprint density at radius 3 is 2.95 bits per heavy atom. The molecule has 2 N–H and O–H groups in total. The molecule has 2 amide bonds. The van der Waals surface area contributed by atoms with E-state index in [4.69, 9.17) is 9.84 Å². The van der Waals surface area contributed by atoms with Gasteiger partial charge in [0.1, 0.15) is 0 Å². The Bertz CT molecular complexity index is 523. The second kappa shape index (κ2) is 7.33. The summed E-state index contributed by atoms with van der Waals surface area (Å²) in [6.45, 7) is 1.11. The van der Waals surface area contributed by atoms with E-state index >= 15 is 0 Å². The lowest BCUT2D eigenvalue weighted by molar-refractivity contribution is -0.141. The number of nitrogens with zero attached hydrogens (tertiary/aromatic N) is 1. The number of amides is 2. The van der Waals surface area contributed by atoms with Gasteiger partial charge in [0.25, 0.3) is 0 Å². The van der Waals surface area contributed by atoms with Gasteiger partial charge in [-0.1, -0.05) is 12.1 Å². The number of benzene rings is 1. The maximum Gasteiger partial charge on any atom is 0.322 e. The van der Waals surface area contributed by atoms with Crippen LogP contribution in [-0.4, -0.2) is 54.1 Å². The van der Waals surface area contributed by atoms with Crippen molar-refractivity contribution in [2.45, 2.75) is 17.4 Å². The van der Waals surface area contributed by atoms with E-state index in [-0.39, 0.29) is 12.5 Å². The summed E-state index contributed by atoms with van der Waals surface area (Å²) in [5.74, 6) is -0.921. The van der Waals surface area contributed by atoms with E-state index in [1.807, 2.05) is 30.5 Å². The number of ether oxygens (including phenoxy) is 1. The molecule has 1 saturated heterocycles. The number of carbonyl (C=O) groups is 2. The van der Waals surface area contributed by atoms with Crippen molar-refractivity contribution >= 4 is 29.4 Å². The highest BCUT2D eigenvalue weighted by Crippen LogP contribution is 2.25. The number of para-hydroxylation sites is 1. The first-order valence-electron chi connectivity index (χ1n) is 6.62. The van der Waals surface area contributed by atoms with Crippen molar-refractivity contribution in [3.8, 4) is 0 Å². The number of carboxylic acids is 1. The van der Waals surface area contributed by atoms with Crippen LogP contribution < -0.4 is 5.32 Å². The maximum atomic E-state index is 12.3. The largest absolute Gasteiger partial charge is 0.481 e. The monoisotopic (exact) mass is 310 g/mol. The number of urea groups is 1. The molecule has 1 fully saturated rings. The summed E-state index contributed by atoms with van der Waals surface area (Å²) >= 11 is 1.56. The van der Waals surface area contributed by atoms with Gasteiger partial charge in [-0.3, -0.25) is 4.79 Å². The first-order chi connectivity index (χ1) is 10.1. The number of carbonyl (C=O) groups excluding carboxylic acids is 1. The van der Waals surface area contributed by atoms with Crippen molar-refractivity contribution in [2.24, 2.45) is 0 Å². The first kappa shape index (κ1) is 15.7. The van der Waals surface area contributed by atoms with Gasteiger partial charge in [0, 0.05) is 18.0 Å². The van der Waals surface area contributed by atoms with Crippen molar-refractivity contribution < 1.29 is 19.4 Å². The minimum absolute atomic E-state index is 0.0921. The fourth-order valence-electron chi connectivity index (χ4n) is 2.16. The number of hydrogen-bond acceptors (Lipinski definition) is 4. The van der Waals surface area contributed by atoms with Crippen LogP contribution in [0.4, 0.5) is 10.5 Å². The Morgan fingerprint density at radius 1 is 1.48 bits per heavy atom. The van der Waals surface area contributed by atoms with Crippen LogP contribution in [0.25, 0.3) is 0 Å². The summed E-state index contributed by atoms with van der Waals surface area (Å²) < 4.78 is 5.36. The minimum atomic E-state index is -0.921. The molecule has 0 spiro atoms. The molecule has 1 aliphatic rings. The van der Waals surface area contributed by atoms with E-state index in [0.717, 1.165) is 10.6 Å². The fraction of sp³-hybridized carbons (Fsp3) is 0.429. The predicted octanol–water partition coefficient (Wildman–Crippen LogP) is 2.12. The molecule has 0 saturated carbocycles. The highest BCUT2D eigenvalue weighted by molar-refractivity contribution is 7.98. The second-order valence-electron chi connectivity index (χ2n) is 4.67. The number of hydrogen-bond donors (Lipinski definition) is 2. The molecule has 0 aromatic heterocycles. The maximum absolute atomic E-state index is 12.3.